The number of anilines is 2. The van der Waals surface area contributed by atoms with Gasteiger partial charge in [-0.1, -0.05) is 6.07 Å². The van der Waals surface area contributed by atoms with E-state index in [1.54, 1.807) is 53.4 Å². The zero-order valence-corrected chi connectivity index (χ0v) is 16.3. The van der Waals surface area contributed by atoms with Crippen LogP contribution in [-0.2, 0) is 14.3 Å². The van der Waals surface area contributed by atoms with Crippen molar-refractivity contribution in [2.75, 3.05) is 17.2 Å². The smallest absolute Gasteiger partial charge is 0.343 e. The van der Waals surface area contributed by atoms with Crippen LogP contribution in [0.4, 0.5) is 11.4 Å². The van der Waals surface area contributed by atoms with Gasteiger partial charge in [0.2, 0.25) is 11.8 Å². The first-order chi connectivity index (χ1) is 14.4. The maximum Gasteiger partial charge on any atom is 0.343 e. The van der Waals surface area contributed by atoms with Crippen molar-refractivity contribution in [3.05, 3.63) is 65.7 Å². The Bertz CT molecular complexity index is 1140. The number of carbonyl (C=O) groups is 3. The largest absolute Gasteiger partial charge is 0.452 e. The zero-order chi connectivity index (χ0) is 21.7. The van der Waals surface area contributed by atoms with Crippen molar-refractivity contribution < 1.29 is 23.5 Å². The second kappa shape index (κ2) is 8.79. The highest BCUT2D eigenvalue weighted by Crippen LogP contribution is 2.26. The van der Waals surface area contributed by atoms with Gasteiger partial charge in [-0.15, -0.1) is 0 Å². The normalized spacial score (nSPS) is 10.2. The maximum absolute atomic E-state index is 12.5. The number of aromatic nitrogens is 1. The topological polar surface area (TPSA) is 126 Å². The summed E-state index contributed by atoms with van der Waals surface area (Å²) in [6.07, 6.45) is 3.35. The van der Waals surface area contributed by atoms with Crippen molar-refractivity contribution in [3.8, 4) is 12.0 Å². The van der Waals surface area contributed by atoms with Crippen molar-refractivity contribution in [1.29, 1.82) is 5.26 Å². The van der Waals surface area contributed by atoms with E-state index in [1.807, 2.05) is 6.07 Å². The van der Waals surface area contributed by atoms with Crippen LogP contribution in [0.3, 0.4) is 0 Å². The van der Waals surface area contributed by atoms with Gasteiger partial charge in [-0.05, 0) is 37.3 Å². The first-order valence-electron chi connectivity index (χ1n) is 8.90. The number of esters is 1. The van der Waals surface area contributed by atoms with Gasteiger partial charge in [-0.2, -0.15) is 5.26 Å². The number of hydrogen-bond acceptors (Lipinski definition) is 6. The van der Waals surface area contributed by atoms with Crippen LogP contribution in [0.25, 0.3) is 5.88 Å². The Labute approximate surface area is 171 Å². The van der Waals surface area contributed by atoms with Crippen LogP contribution in [0, 0.1) is 18.3 Å². The highest BCUT2D eigenvalue weighted by atomic mass is 16.5. The number of furan rings is 1. The summed E-state index contributed by atoms with van der Waals surface area (Å²) >= 11 is 0. The molecule has 2 aromatic heterocycles. The number of nitrogens with one attached hydrogen (secondary N) is 2. The molecule has 0 aliphatic carbocycles. The lowest BCUT2D eigenvalue weighted by Crippen LogP contribution is -2.21. The molecule has 9 nitrogen and oxygen atoms in total. The molecule has 9 heteroatoms. The summed E-state index contributed by atoms with van der Waals surface area (Å²) in [6, 6.07) is 12.0. The van der Waals surface area contributed by atoms with Gasteiger partial charge in [-0.25, -0.2) is 4.79 Å². The third kappa shape index (κ3) is 4.56. The van der Waals surface area contributed by atoms with Crippen molar-refractivity contribution in [2.45, 2.75) is 13.8 Å². The second-order valence-corrected chi connectivity index (χ2v) is 6.30. The van der Waals surface area contributed by atoms with Gasteiger partial charge in [-0.3, -0.25) is 14.2 Å². The fraction of sp³-hybridized carbons (Fsp3) is 0.143. The van der Waals surface area contributed by atoms with Gasteiger partial charge in [0.15, 0.2) is 6.61 Å². The minimum atomic E-state index is -0.839. The van der Waals surface area contributed by atoms with Crippen molar-refractivity contribution in [2.24, 2.45) is 0 Å². The molecule has 0 unspecified atom stereocenters. The summed E-state index contributed by atoms with van der Waals surface area (Å²) in [5.41, 5.74) is 0.940. The Morgan fingerprint density at radius 2 is 1.80 bits per heavy atom. The monoisotopic (exact) mass is 406 g/mol. The molecule has 0 aliphatic heterocycles. The van der Waals surface area contributed by atoms with E-state index in [4.69, 9.17) is 9.15 Å². The third-order valence-corrected chi connectivity index (χ3v) is 4.02. The van der Waals surface area contributed by atoms with E-state index < -0.39 is 18.5 Å². The van der Waals surface area contributed by atoms with Gasteiger partial charge >= 0.3 is 5.97 Å². The second-order valence-electron chi connectivity index (χ2n) is 6.30. The van der Waals surface area contributed by atoms with Crippen LogP contribution >= 0.6 is 0 Å². The number of nitriles is 1. The Hall–Kier alpha value is -4.32. The van der Waals surface area contributed by atoms with E-state index >= 15 is 0 Å². The van der Waals surface area contributed by atoms with E-state index in [2.05, 4.69) is 10.6 Å². The molecule has 30 heavy (non-hydrogen) atoms. The average molecular weight is 406 g/mol. The number of aryl methyl sites for hydroxylation is 1. The molecule has 0 fully saturated rings. The molecule has 3 aromatic rings. The lowest BCUT2D eigenvalue weighted by Gasteiger charge is -2.08. The molecule has 2 heterocycles. The Morgan fingerprint density at radius 1 is 1.13 bits per heavy atom. The maximum atomic E-state index is 12.5. The number of amides is 2. The van der Waals surface area contributed by atoms with Crippen LogP contribution in [0.15, 0.2) is 53.2 Å². The minimum Gasteiger partial charge on any atom is -0.452 e. The average Bonchev–Trinajstić information content (AvgIpc) is 3.33. The SMILES string of the molecule is CC(=O)Nc1cccc(NC(=O)COC(=O)c2c(C)oc(-n3cccc3)c2C#N)c1. The first kappa shape index (κ1) is 20.4. The van der Waals surface area contributed by atoms with Crippen molar-refractivity contribution >= 4 is 29.2 Å². The van der Waals surface area contributed by atoms with Gasteiger partial charge in [0, 0.05) is 30.7 Å². The van der Waals surface area contributed by atoms with Crippen LogP contribution in [0.5, 0.6) is 0 Å². The third-order valence-electron chi connectivity index (χ3n) is 4.02. The summed E-state index contributed by atoms with van der Waals surface area (Å²) in [4.78, 5) is 35.8. The molecule has 0 aliphatic rings. The van der Waals surface area contributed by atoms with E-state index in [1.165, 1.54) is 13.8 Å². The fourth-order valence-corrected chi connectivity index (χ4v) is 2.81. The predicted molar refractivity (Wildman–Crippen MR) is 107 cm³/mol. The minimum absolute atomic E-state index is 0.0251. The molecule has 1 aromatic carbocycles. The molecule has 0 spiro atoms. The van der Waals surface area contributed by atoms with Crippen molar-refractivity contribution in [1.82, 2.24) is 4.57 Å². The molecule has 2 N–H and O–H groups in total. The lowest BCUT2D eigenvalue weighted by atomic mass is 10.1. The van der Waals surface area contributed by atoms with Gasteiger partial charge < -0.3 is 19.8 Å². The van der Waals surface area contributed by atoms with Gasteiger partial charge in [0.05, 0.1) is 0 Å². The molecule has 0 atom stereocenters. The van der Waals surface area contributed by atoms with Crippen LogP contribution < -0.4 is 10.6 Å². The summed E-state index contributed by atoms with van der Waals surface area (Å²) < 4.78 is 12.2. The highest BCUT2D eigenvalue weighted by Gasteiger charge is 2.26. The molecule has 3 rings (SSSR count). The van der Waals surface area contributed by atoms with E-state index in [0.717, 1.165) is 0 Å². The van der Waals surface area contributed by atoms with E-state index in [9.17, 15) is 19.6 Å². The molecule has 0 saturated carbocycles. The summed E-state index contributed by atoms with van der Waals surface area (Å²) in [6.45, 7) is 2.36. The Morgan fingerprint density at radius 3 is 2.43 bits per heavy atom. The molecular formula is C21H18N4O5. The summed E-state index contributed by atoms with van der Waals surface area (Å²) in [5.74, 6) is -1.24. The zero-order valence-electron chi connectivity index (χ0n) is 16.3. The Balaban J connectivity index is 1.67. The van der Waals surface area contributed by atoms with Crippen LogP contribution in [-0.4, -0.2) is 29.0 Å². The number of ether oxygens (including phenoxy) is 1. The van der Waals surface area contributed by atoms with Gasteiger partial charge in [0.1, 0.15) is 23.0 Å². The van der Waals surface area contributed by atoms with Crippen LogP contribution in [0.1, 0.15) is 28.6 Å². The number of rotatable bonds is 6. The lowest BCUT2D eigenvalue weighted by molar-refractivity contribution is -0.119. The van der Waals surface area contributed by atoms with E-state index in [-0.39, 0.29) is 28.7 Å². The van der Waals surface area contributed by atoms with Crippen LogP contribution in [0.2, 0.25) is 0 Å². The van der Waals surface area contributed by atoms with Gasteiger partial charge in [0.25, 0.3) is 5.91 Å². The molecule has 0 saturated heterocycles. The summed E-state index contributed by atoms with van der Waals surface area (Å²) in [7, 11) is 0. The molecule has 152 valence electrons. The highest BCUT2D eigenvalue weighted by molar-refractivity contribution is 5.98. The standard InChI is InChI=1S/C21H18N4O5/c1-13-19(17(11-22)20(30-13)25-8-3-4-9-25)21(28)29-12-18(27)24-16-7-5-6-15(10-16)23-14(2)26/h3-10H,12H2,1-2H3,(H,23,26)(H,24,27). The fourth-order valence-electron chi connectivity index (χ4n) is 2.81. The number of hydrogen-bond donors (Lipinski definition) is 2. The summed E-state index contributed by atoms with van der Waals surface area (Å²) in [5, 5.41) is 14.7. The molecule has 0 bridgehead atoms. The quantitative estimate of drug-likeness (QED) is 0.606. The van der Waals surface area contributed by atoms with E-state index in [0.29, 0.717) is 11.4 Å². The molecular weight excluding hydrogens is 388 g/mol. The van der Waals surface area contributed by atoms with Crippen molar-refractivity contribution in [3.63, 3.8) is 0 Å². The number of nitrogens with zero attached hydrogens (tertiary/aromatic N) is 2. The number of carbonyl (C=O) groups excluding carboxylic acids is 3. The Kier molecular flexibility index (Phi) is 5.98. The molecule has 2 amide bonds. The first-order valence-corrected chi connectivity index (χ1v) is 8.90. The molecule has 0 radical (unpaired) electrons. The number of benzene rings is 1. The predicted octanol–water partition coefficient (Wildman–Crippen LogP) is 3.00.